The lowest BCUT2D eigenvalue weighted by atomic mass is 9.74. The Bertz CT molecular complexity index is 1570. The van der Waals surface area contributed by atoms with E-state index in [2.05, 4.69) is 41.4 Å². The predicted molar refractivity (Wildman–Crippen MR) is 156 cm³/mol. The van der Waals surface area contributed by atoms with Crippen LogP contribution in [-0.4, -0.2) is 58.3 Å². The fourth-order valence-corrected chi connectivity index (χ4v) is 6.30. The molecular formula is C33H35N3O5. The van der Waals surface area contributed by atoms with Crippen LogP contribution >= 0.6 is 0 Å². The van der Waals surface area contributed by atoms with Gasteiger partial charge >= 0.3 is 0 Å². The Morgan fingerprint density at radius 1 is 1.02 bits per heavy atom. The first-order chi connectivity index (χ1) is 20.1. The fraction of sp³-hybridized carbons (Fsp3) is 0.364. The van der Waals surface area contributed by atoms with Gasteiger partial charge in [0.05, 0.1) is 25.9 Å². The Kier molecular flexibility index (Phi) is 7.85. The maximum Gasteiger partial charge on any atom is 0.294 e. The van der Waals surface area contributed by atoms with Crippen molar-refractivity contribution in [1.29, 1.82) is 0 Å². The molecule has 1 aliphatic carbocycles. The Balaban J connectivity index is 1.40. The van der Waals surface area contributed by atoms with Crippen LogP contribution in [0.4, 0.5) is 0 Å². The number of hydrogen-bond acceptors (Lipinski definition) is 6. The summed E-state index contributed by atoms with van der Waals surface area (Å²) in [5.74, 6) is -0.0705. The van der Waals surface area contributed by atoms with Crippen molar-refractivity contribution < 1.29 is 19.4 Å². The Morgan fingerprint density at radius 3 is 2.49 bits per heavy atom. The molecule has 1 aromatic heterocycles. The van der Waals surface area contributed by atoms with Crippen LogP contribution in [0.3, 0.4) is 0 Å². The van der Waals surface area contributed by atoms with E-state index in [1.807, 2.05) is 36.4 Å². The van der Waals surface area contributed by atoms with Gasteiger partial charge in [0, 0.05) is 18.4 Å². The van der Waals surface area contributed by atoms with Crippen molar-refractivity contribution in [3.05, 3.63) is 106 Å². The van der Waals surface area contributed by atoms with Crippen molar-refractivity contribution in [3.63, 3.8) is 0 Å². The zero-order valence-corrected chi connectivity index (χ0v) is 23.1. The largest absolute Gasteiger partial charge is 0.481 e. The molecule has 2 fully saturated rings. The average Bonchev–Trinajstić information content (AvgIpc) is 3.44. The van der Waals surface area contributed by atoms with E-state index in [4.69, 9.17) is 14.5 Å². The molecule has 0 unspecified atom stereocenters. The van der Waals surface area contributed by atoms with Gasteiger partial charge < -0.3 is 24.5 Å². The highest BCUT2D eigenvalue weighted by atomic mass is 16.5. The number of aliphatic hydroxyl groups is 1. The molecule has 2 aliphatic rings. The van der Waals surface area contributed by atoms with E-state index in [0.717, 1.165) is 31.2 Å². The molecule has 1 amide bonds. The fourth-order valence-electron chi connectivity index (χ4n) is 6.30. The lowest BCUT2D eigenvalue weighted by molar-refractivity contribution is -0.0572. The molecule has 1 saturated carbocycles. The molecule has 4 aromatic rings. The van der Waals surface area contributed by atoms with E-state index < -0.39 is 11.5 Å². The summed E-state index contributed by atoms with van der Waals surface area (Å²) in [7, 11) is 0. The molecule has 0 bridgehead atoms. The highest BCUT2D eigenvalue weighted by Gasteiger charge is 2.39. The van der Waals surface area contributed by atoms with Crippen molar-refractivity contribution in [3.8, 4) is 5.75 Å². The van der Waals surface area contributed by atoms with Crippen LogP contribution in [0.2, 0.25) is 0 Å². The first-order valence-corrected chi connectivity index (χ1v) is 14.4. The van der Waals surface area contributed by atoms with Gasteiger partial charge in [-0.05, 0) is 34.7 Å². The van der Waals surface area contributed by atoms with Crippen LogP contribution in [0.1, 0.15) is 53.1 Å². The minimum absolute atomic E-state index is 0.0221. The number of ether oxygens (including phenoxy) is 2. The van der Waals surface area contributed by atoms with E-state index in [-0.39, 0.29) is 42.7 Å². The van der Waals surface area contributed by atoms with Crippen LogP contribution in [-0.2, 0) is 23.2 Å². The van der Waals surface area contributed by atoms with E-state index in [1.165, 1.54) is 16.3 Å². The summed E-state index contributed by atoms with van der Waals surface area (Å²) in [6.07, 6.45) is 4.61. The number of nitrogens with one attached hydrogen (secondary N) is 1. The second kappa shape index (κ2) is 11.8. The summed E-state index contributed by atoms with van der Waals surface area (Å²) in [4.78, 5) is 36.8. The monoisotopic (exact) mass is 553 g/mol. The maximum absolute atomic E-state index is 13.9. The van der Waals surface area contributed by atoms with Gasteiger partial charge in [-0.3, -0.25) is 9.59 Å². The molecule has 41 heavy (non-hydrogen) atoms. The van der Waals surface area contributed by atoms with Gasteiger partial charge in [-0.15, -0.1) is 0 Å². The highest BCUT2D eigenvalue weighted by Crippen LogP contribution is 2.45. The number of fused-ring (bicyclic) bond motifs is 1. The van der Waals surface area contributed by atoms with Gasteiger partial charge in [-0.25, -0.2) is 4.98 Å². The van der Waals surface area contributed by atoms with Gasteiger partial charge in [0.2, 0.25) is 5.75 Å². The molecule has 1 saturated heterocycles. The van der Waals surface area contributed by atoms with E-state index >= 15 is 0 Å². The zero-order chi connectivity index (χ0) is 28.2. The molecule has 0 atom stereocenters. The number of H-pyrrole nitrogens is 1. The topological polar surface area (TPSA) is 105 Å². The quantitative estimate of drug-likeness (QED) is 0.302. The van der Waals surface area contributed by atoms with Crippen molar-refractivity contribution >= 4 is 16.7 Å². The molecule has 3 aromatic carbocycles. The summed E-state index contributed by atoms with van der Waals surface area (Å²) in [6, 6.07) is 24.1. The number of aromatic amines is 1. The van der Waals surface area contributed by atoms with Crippen molar-refractivity contribution in [2.45, 2.75) is 50.2 Å². The van der Waals surface area contributed by atoms with E-state index in [0.29, 0.717) is 25.5 Å². The van der Waals surface area contributed by atoms with Crippen molar-refractivity contribution in [1.82, 2.24) is 14.9 Å². The number of carbonyl (C=O) groups is 1. The van der Waals surface area contributed by atoms with Gasteiger partial charge in [0.15, 0.2) is 5.69 Å². The van der Waals surface area contributed by atoms with E-state index in [9.17, 15) is 14.7 Å². The van der Waals surface area contributed by atoms with Gasteiger partial charge in [-0.1, -0.05) is 85.6 Å². The number of aromatic nitrogens is 2. The molecule has 0 spiro atoms. The van der Waals surface area contributed by atoms with Crippen LogP contribution in [0.15, 0.2) is 77.6 Å². The summed E-state index contributed by atoms with van der Waals surface area (Å²) in [5, 5.41) is 12.1. The summed E-state index contributed by atoms with van der Waals surface area (Å²) < 4.78 is 11.3. The third-order valence-electron chi connectivity index (χ3n) is 8.44. The van der Waals surface area contributed by atoms with E-state index in [1.54, 1.807) is 4.90 Å². The van der Waals surface area contributed by atoms with Crippen LogP contribution < -0.4 is 10.3 Å². The lowest BCUT2D eigenvalue weighted by Gasteiger charge is -2.37. The van der Waals surface area contributed by atoms with Crippen LogP contribution in [0.5, 0.6) is 5.75 Å². The third-order valence-corrected chi connectivity index (χ3v) is 8.44. The smallest absolute Gasteiger partial charge is 0.294 e. The third kappa shape index (κ3) is 5.49. The molecular weight excluding hydrogens is 518 g/mol. The Morgan fingerprint density at radius 2 is 1.76 bits per heavy atom. The second-order valence-corrected chi connectivity index (χ2v) is 11.1. The molecule has 1 aliphatic heterocycles. The first-order valence-electron chi connectivity index (χ1n) is 14.4. The SMILES string of the molecule is O=C(c1nc(CC2(c3cccc4ccccc34)CCCC2)[nH]c(=O)c1OCc1ccccc1)N(CCO)C1COC1. The number of rotatable bonds is 10. The molecule has 2 N–H and O–H groups in total. The number of amides is 1. The second-order valence-electron chi connectivity index (χ2n) is 11.1. The van der Waals surface area contributed by atoms with Gasteiger partial charge in [-0.2, -0.15) is 0 Å². The number of hydrogen-bond donors (Lipinski definition) is 2. The van der Waals surface area contributed by atoms with Crippen molar-refractivity contribution in [2.24, 2.45) is 0 Å². The summed E-state index contributed by atoms with van der Waals surface area (Å²) >= 11 is 0. The molecule has 6 rings (SSSR count). The Labute approximate surface area is 239 Å². The maximum atomic E-state index is 13.9. The van der Waals surface area contributed by atoms with Crippen molar-refractivity contribution in [2.75, 3.05) is 26.4 Å². The first kappa shape index (κ1) is 27.2. The number of carbonyl (C=O) groups excluding carboxylic acids is 1. The number of nitrogens with zero attached hydrogens (tertiary/aromatic N) is 2. The zero-order valence-electron chi connectivity index (χ0n) is 23.1. The molecule has 8 nitrogen and oxygen atoms in total. The average molecular weight is 554 g/mol. The van der Waals surface area contributed by atoms with Gasteiger partial charge in [0.25, 0.3) is 11.5 Å². The summed E-state index contributed by atoms with van der Waals surface area (Å²) in [6.45, 7) is 0.799. The summed E-state index contributed by atoms with van der Waals surface area (Å²) in [5.41, 5.74) is 1.41. The number of benzene rings is 3. The number of aliphatic hydroxyl groups excluding tert-OH is 1. The van der Waals surface area contributed by atoms with Gasteiger partial charge in [0.1, 0.15) is 12.4 Å². The minimum Gasteiger partial charge on any atom is -0.481 e. The molecule has 2 heterocycles. The van der Waals surface area contributed by atoms with Crippen LogP contribution in [0.25, 0.3) is 10.8 Å². The normalized spacial score (nSPS) is 16.4. The van der Waals surface area contributed by atoms with Crippen LogP contribution in [0, 0.1) is 0 Å². The lowest BCUT2D eigenvalue weighted by Crippen LogP contribution is -2.53. The molecule has 212 valence electrons. The minimum atomic E-state index is -0.478. The standard InChI is InChI=1S/C33H35N3O5/c37-18-17-36(25-21-40-22-25)32(39)29-30(41-20-23-9-2-1-3-10-23)31(38)35-28(34-29)19-33(15-6-7-16-33)27-14-8-12-24-11-4-5-13-26(24)27/h1-5,8-14,25,37H,6-7,15-22H2,(H,34,35,38). The predicted octanol–water partition coefficient (Wildman–Crippen LogP) is 4.39. The molecule has 0 radical (unpaired) electrons. The Hall–Kier alpha value is -4.01. The highest BCUT2D eigenvalue weighted by molar-refractivity contribution is 5.95. The molecule has 8 heteroatoms.